The molecule has 3 aromatic rings. The molecule has 31 heavy (non-hydrogen) atoms. The van der Waals surface area contributed by atoms with E-state index in [1.807, 2.05) is 24.3 Å². The maximum absolute atomic E-state index is 12.7. The van der Waals surface area contributed by atoms with E-state index in [0.29, 0.717) is 34.3 Å². The number of carbonyl (C=O) groups excluding carboxylic acids is 2. The Kier molecular flexibility index (Phi) is 5.58. The van der Waals surface area contributed by atoms with Crippen molar-refractivity contribution >= 4 is 17.8 Å². The number of hydrogen-bond donors (Lipinski definition) is 0. The first-order chi connectivity index (χ1) is 14.9. The lowest BCUT2D eigenvalue weighted by Gasteiger charge is -2.06. The summed E-state index contributed by atoms with van der Waals surface area (Å²) in [6, 6.07) is 19.4. The molecule has 0 N–H and O–H groups in total. The zero-order chi connectivity index (χ0) is 22.0. The summed E-state index contributed by atoms with van der Waals surface area (Å²) in [5.41, 5.74) is 2.94. The molecule has 0 atom stereocenters. The molecule has 0 saturated carbocycles. The van der Waals surface area contributed by atoms with Crippen LogP contribution < -0.4 is 14.2 Å². The lowest BCUT2D eigenvalue weighted by molar-refractivity contribution is 0.0734. The highest BCUT2D eigenvalue weighted by Gasteiger charge is 2.28. The van der Waals surface area contributed by atoms with Crippen molar-refractivity contribution in [2.75, 3.05) is 7.11 Å². The molecule has 156 valence electrons. The zero-order valence-corrected chi connectivity index (χ0v) is 17.5. The second-order valence-electron chi connectivity index (χ2n) is 7.54. The third-order valence-electron chi connectivity index (χ3n) is 5.08. The molecule has 3 aromatic carbocycles. The topological polar surface area (TPSA) is 61.8 Å². The van der Waals surface area contributed by atoms with Gasteiger partial charge in [0.05, 0.1) is 18.2 Å². The molecule has 0 amide bonds. The van der Waals surface area contributed by atoms with E-state index in [2.05, 4.69) is 13.8 Å². The van der Waals surface area contributed by atoms with Crippen molar-refractivity contribution in [3.8, 4) is 17.2 Å². The van der Waals surface area contributed by atoms with E-state index in [1.165, 1.54) is 5.56 Å². The standard InChI is InChI=1S/C26H22O5/c1-16(2)18-6-4-17(5-7-18)14-24-25(27)22-13-12-21(15-23(22)31-24)30-26(28)19-8-10-20(29-3)11-9-19/h4-16H,1-3H3. The Balaban J connectivity index is 1.50. The predicted octanol–water partition coefficient (Wildman–Crippen LogP) is 5.65. The largest absolute Gasteiger partial charge is 0.497 e. The molecular weight excluding hydrogens is 392 g/mol. The zero-order valence-electron chi connectivity index (χ0n) is 17.5. The SMILES string of the molecule is COc1ccc(C(=O)Oc2ccc3c(c2)OC(=Cc2ccc(C(C)C)cc2)C3=O)cc1. The number of ether oxygens (including phenoxy) is 3. The number of esters is 1. The second kappa shape index (κ2) is 8.48. The highest BCUT2D eigenvalue weighted by atomic mass is 16.5. The molecule has 0 saturated heterocycles. The lowest BCUT2D eigenvalue weighted by atomic mass is 10.0. The number of methoxy groups -OCH3 is 1. The Hall–Kier alpha value is -3.86. The van der Waals surface area contributed by atoms with Gasteiger partial charge in [-0.25, -0.2) is 4.79 Å². The van der Waals surface area contributed by atoms with Crippen LogP contribution in [0.2, 0.25) is 0 Å². The number of carbonyl (C=O) groups is 2. The summed E-state index contributed by atoms with van der Waals surface area (Å²) in [5.74, 6) is 1.30. The number of hydrogen-bond acceptors (Lipinski definition) is 5. The Morgan fingerprint density at radius 2 is 1.61 bits per heavy atom. The lowest BCUT2D eigenvalue weighted by Crippen LogP contribution is -2.08. The van der Waals surface area contributed by atoms with Crippen molar-refractivity contribution in [3.05, 3.63) is 94.7 Å². The van der Waals surface area contributed by atoms with Crippen molar-refractivity contribution in [3.63, 3.8) is 0 Å². The van der Waals surface area contributed by atoms with Gasteiger partial charge in [-0.1, -0.05) is 38.1 Å². The Morgan fingerprint density at radius 3 is 2.26 bits per heavy atom. The van der Waals surface area contributed by atoms with Gasteiger partial charge in [-0.15, -0.1) is 0 Å². The normalized spacial score (nSPS) is 13.8. The van der Waals surface area contributed by atoms with Crippen LogP contribution in [0.3, 0.4) is 0 Å². The molecular formula is C26H22O5. The summed E-state index contributed by atoms with van der Waals surface area (Å²) in [7, 11) is 1.56. The highest BCUT2D eigenvalue weighted by molar-refractivity contribution is 6.14. The van der Waals surface area contributed by atoms with Crippen LogP contribution in [-0.4, -0.2) is 18.9 Å². The molecule has 0 aromatic heterocycles. The summed E-state index contributed by atoms with van der Waals surface area (Å²) in [5, 5.41) is 0. The molecule has 0 unspecified atom stereocenters. The number of benzene rings is 3. The molecule has 5 nitrogen and oxygen atoms in total. The van der Waals surface area contributed by atoms with Crippen LogP contribution in [0.15, 0.2) is 72.5 Å². The predicted molar refractivity (Wildman–Crippen MR) is 118 cm³/mol. The molecule has 0 bridgehead atoms. The van der Waals surface area contributed by atoms with E-state index >= 15 is 0 Å². The van der Waals surface area contributed by atoms with Gasteiger partial charge in [-0.3, -0.25) is 4.79 Å². The van der Waals surface area contributed by atoms with Crippen LogP contribution in [0.5, 0.6) is 17.2 Å². The second-order valence-corrected chi connectivity index (χ2v) is 7.54. The van der Waals surface area contributed by atoms with E-state index in [9.17, 15) is 9.59 Å². The Labute approximate surface area is 180 Å². The van der Waals surface area contributed by atoms with Crippen molar-refractivity contribution < 1.29 is 23.8 Å². The van der Waals surface area contributed by atoms with Gasteiger partial charge in [0.15, 0.2) is 5.76 Å². The summed E-state index contributed by atoms with van der Waals surface area (Å²) < 4.78 is 16.3. The summed E-state index contributed by atoms with van der Waals surface area (Å²) in [6.45, 7) is 4.26. The van der Waals surface area contributed by atoms with Gasteiger partial charge < -0.3 is 14.2 Å². The van der Waals surface area contributed by atoms with Gasteiger partial charge in [0.2, 0.25) is 5.78 Å². The monoisotopic (exact) mass is 414 g/mol. The van der Waals surface area contributed by atoms with Gasteiger partial charge in [0, 0.05) is 6.07 Å². The first-order valence-corrected chi connectivity index (χ1v) is 9.99. The number of Topliss-reactive ketones (excluding diaryl/α,β-unsaturated/α-hetero) is 1. The van der Waals surface area contributed by atoms with E-state index in [0.717, 1.165) is 5.56 Å². The highest BCUT2D eigenvalue weighted by Crippen LogP contribution is 2.35. The minimum absolute atomic E-state index is 0.198. The average Bonchev–Trinajstić information content (AvgIpc) is 3.08. The van der Waals surface area contributed by atoms with E-state index < -0.39 is 5.97 Å². The van der Waals surface area contributed by atoms with Crippen LogP contribution in [0.4, 0.5) is 0 Å². The smallest absolute Gasteiger partial charge is 0.343 e. The molecule has 0 fully saturated rings. The van der Waals surface area contributed by atoms with E-state index in [1.54, 1.807) is 55.7 Å². The van der Waals surface area contributed by atoms with Crippen molar-refractivity contribution in [1.29, 1.82) is 0 Å². The van der Waals surface area contributed by atoms with Crippen molar-refractivity contribution in [2.24, 2.45) is 0 Å². The fourth-order valence-electron chi connectivity index (χ4n) is 3.25. The van der Waals surface area contributed by atoms with Gasteiger partial charge in [-0.05, 0) is 59.5 Å². The van der Waals surface area contributed by atoms with Gasteiger partial charge in [0.25, 0.3) is 0 Å². The molecule has 4 rings (SSSR count). The van der Waals surface area contributed by atoms with Crippen LogP contribution in [0.1, 0.15) is 51.6 Å². The van der Waals surface area contributed by atoms with Crippen LogP contribution in [0.25, 0.3) is 6.08 Å². The summed E-state index contributed by atoms with van der Waals surface area (Å²) >= 11 is 0. The van der Waals surface area contributed by atoms with Crippen LogP contribution in [-0.2, 0) is 0 Å². The molecule has 0 spiro atoms. The molecule has 5 heteroatoms. The van der Waals surface area contributed by atoms with E-state index in [-0.39, 0.29) is 11.5 Å². The molecule has 0 radical (unpaired) electrons. The summed E-state index contributed by atoms with van der Waals surface area (Å²) in [6.07, 6.45) is 1.72. The van der Waals surface area contributed by atoms with E-state index in [4.69, 9.17) is 14.2 Å². The third-order valence-corrected chi connectivity index (χ3v) is 5.08. The van der Waals surface area contributed by atoms with Crippen molar-refractivity contribution in [2.45, 2.75) is 19.8 Å². The molecule has 1 aliphatic heterocycles. The number of fused-ring (bicyclic) bond motifs is 1. The third kappa shape index (κ3) is 4.36. The number of rotatable bonds is 5. The summed E-state index contributed by atoms with van der Waals surface area (Å²) in [4.78, 5) is 25.1. The fraction of sp³-hybridized carbons (Fsp3) is 0.154. The minimum atomic E-state index is -0.507. The van der Waals surface area contributed by atoms with Crippen molar-refractivity contribution in [1.82, 2.24) is 0 Å². The minimum Gasteiger partial charge on any atom is -0.497 e. The van der Waals surface area contributed by atoms with Gasteiger partial charge >= 0.3 is 5.97 Å². The first-order valence-electron chi connectivity index (χ1n) is 9.99. The Bertz CT molecular complexity index is 1160. The molecule has 0 aliphatic carbocycles. The maximum atomic E-state index is 12.7. The number of ketones is 1. The Morgan fingerprint density at radius 1 is 0.935 bits per heavy atom. The molecule has 1 heterocycles. The average molecular weight is 414 g/mol. The van der Waals surface area contributed by atoms with Gasteiger partial charge in [-0.2, -0.15) is 0 Å². The van der Waals surface area contributed by atoms with Crippen LogP contribution >= 0.6 is 0 Å². The first kappa shape index (κ1) is 20.4. The van der Waals surface area contributed by atoms with Gasteiger partial charge in [0.1, 0.15) is 17.2 Å². The number of allylic oxidation sites excluding steroid dienone is 1. The fourth-order valence-corrected chi connectivity index (χ4v) is 3.25. The quantitative estimate of drug-likeness (QED) is 0.307. The van der Waals surface area contributed by atoms with Crippen LogP contribution in [0, 0.1) is 0 Å². The molecule has 1 aliphatic rings. The maximum Gasteiger partial charge on any atom is 0.343 e.